The van der Waals surface area contributed by atoms with Crippen LogP contribution in [0.25, 0.3) is 0 Å². The number of hydrogen-bond acceptors (Lipinski definition) is 0. The fourth-order valence-corrected chi connectivity index (χ4v) is 0. The summed E-state index contributed by atoms with van der Waals surface area (Å²) in [7, 11) is 4.20. The van der Waals surface area contributed by atoms with Crippen molar-refractivity contribution in [3.8, 4) is 0 Å². The number of rotatable bonds is 0. The Morgan fingerprint density at radius 2 is 0.667 bits per heavy atom. The number of halogens is 1. The van der Waals surface area contributed by atoms with Gasteiger partial charge in [0.2, 0.25) is 0 Å². The zero-order chi connectivity index (χ0) is 2.00. The second-order valence-electron chi connectivity index (χ2n) is 0. The minimum atomic E-state index is 0. The molecule has 0 atom stereocenters. The van der Waals surface area contributed by atoms with E-state index in [-0.39, 0.29) is 21.9 Å². The predicted molar refractivity (Wildman–Crippen MR) is 20.3 cm³/mol. The molecule has 6 heteroatoms. The van der Waals surface area contributed by atoms with Crippen molar-refractivity contribution in [2.24, 2.45) is 0 Å². The zero-order valence-electron chi connectivity index (χ0n) is 2.68. The van der Waals surface area contributed by atoms with Gasteiger partial charge in [0.25, 0.3) is 0 Å². The molecule has 8 N–H and O–H groups in total. The van der Waals surface area contributed by atoms with E-state index >= 15 is 0 Å². The molecule has 0 saturated heterocycles. The summed E-state index contributed by atoms with van der Waals surface area (Å²) in [6, 6.07) is 0. The maximum absolute atomic E-state index is 4.20. The Bertz CT molecular complexity index is 7.51. The van der Waals surface area contributed by atoms with Gasteiger partial charge in [-0.25, -0.2) is 0 Å². The fourth-order valence-electron chi connectivity index (χ4n) is 0. The summed E-state index contributed by atoms with van der Waals surface area (Å²) in [5.74, 6) is 0. The molecule has 0 aromatic rings. The van der Waals surface area contributed by atoms with E-state index in [1.165, 1.54) is 0 Å². The molecule has 0 aliphatic heterocycles. The molecule has 0 bridgehead atoms. The first kappa shape index (κ1) is 78.0. The molecule has 0 spiro atoms. The molecule has 50 valence electrons. The van der Waals surface area contributed by atoms with Crippen molar-refractivity contribution in [2.75, 3.05) is 0 Å². The van der Waals surface area contributed by atoms with Gasteiger partial charge in [0.1, 0.15) is 0 Å². The molecule has 0 aliphatic rings. The first-order chi connectivity index (χ1) is 1.00. The van der Waals surface area contributed by atoms with Crippen LogP contribution in [0.5, 0.6) is 0 Å². The summed E-state index contributed by atoms with van der Waals surface area (Å²) < 4.78 is 0. The Morgan fingerprint density at radius 1 is 0.667 bits per heavy atom. The second kappa shape index (κ2) is 290. The van der Waals surface area contributed by atoms with Gasteiger partial charge in [-0.1, -0.05) is 0 Å². The third-order valence-corrected chi connectivity index (χ3v) is 0. The Balaban J connectivity index is -0.000000000833. The van der Waals surface area contributed by atoms with E-state index in [1.54, 1.807) is 0 Å². The van der Waals surface area contributed by atoms with Crippen molar-refractivity contribution >= 4 is 10.1 Å². The molecule has 0 heterocycles. The molecule has 0 rings (SSSR count). The van der Waals surface area contributed by atoms with Crippen LogP contribution in [0.3, 0.4) is 0 Å². The molecule has 0 unspecified atom stereocenters. The van der Waals surface area contributed by atoms with Gasteiger partial charge < -0.3 is 21.9 Å². The molecule has 0 amide bonds. The Labute approximate surface area is 47.8 Å². The van der Waals surface area contributed by atoms with Gasteiger partial charge in [-0.15, -0.1) is 0 Å². The third-order valence-electron chi connectivity index (χ3n) is 0. The van der Waals surface area contributed by atoms with Crippen LogP contribution in [-0.4, -0.2) is 21.9 Å². The normalized spacial score (nSPS) is 1.17. The van der Waals surface area contributed by atoms with E-state index in [0.29, 0.717) is 0 Å². The fraction of sp³-hybridized carbons (Fsp3) is 0. The van der Waals surface area contributed by atoms with Crippen LogP contribution in [0.2, 0.25) is 0 Å². The summed E-state index contributed by atoms with van der Waals surface area (Å²) in [6.07, 6.45) is 0. The Kier molecular flexibility index (Phi) is 3760. The molecule has 0 aromatic heterocycles. The maximum atomic E-state index is 4.20. The first-order valence-electron chi connectivity index (χ1n) is 0.114. The van der Waals surface area contributed by atoms with Crippen molar-refractivity contribution in [3.63, 3.8) is 0 Å². The van der Waals surface area contributed by atoms with Crippen LogP contribution in [0.4, 0.5) is 0 Å². The first-order valence-corrected chi connectivity index (χ1v) is 1.41. The molecular weight excluding hydrogens is 163 g/mol. The standard InChI is InChI=1S/ClH.Cu.4H2O/h1H;;4*1H2/q;+1;;;;/p-1. The Morgan fingerprint density at radius 3 is 0.667 bits per heavy atom. The summed E-state index contributed by atoms with van der Waals surface area (Å²) in [5.41, 5.74) is 0. The minimum absolute atomic E-state index is 0. The topological polar surface area (TPSA) is 126 Å². The van der Waals surface area contributed by atoms with Gasteiger partial charge >= 0.3 is 25.2 Å². The summed E-state index contributed by atoms with van der Waals surface area (Å²) >= 11 is 3.66. The van der Waals surface area contributed by atoms with Gasteiger partial charge in [-0.2, -0.15) is 0 Å². The van der Waals surface area contributed by atoms with Crippen molar-refractivity contribution < 1.29 is 37.0 Å². The van der Waals surface area contributed by atoms with E-state index < -0.39 is 0 Å². The van der Waals surface area contributed by atoms with Crippen LogP contribution in [-0.2, 0) is 15.1 Å². The Hall–Kier alpha value is 0.649. The van der Waals surface area contributed by atoms with E-state index in [0.717, 1.165) is 0 Å². The zero-order valence-corrected chi connectivity index (χ0v) is 4.38. The van der Waals surface area contributed by atoms with Gasteiger partial charge in [0, 0.05) is 0 Å². The molecular formula is H8ClCuO4. The van der Waals surface area contributed by atoms with Crippen molar-refractivity contribution in [3.05, 3.63) is 0 Å². The predicted octanol–water partition coefficient (Wildman–Crippen LogP) is -2.61. The molecule has 0 aromatic carbocycles. The van der Waals surface area contributed by atoms with Crippen LogP contribution < -0.4 is 0 Å². The quantitative estimate of drug-likeness (QED) is 0.354. The van der Waals surface area contributed by atoms with E-state index in [2.05, 4.69) is 25.2 Å². The molecule has 6 heavy (non-hydrogen) atoms. The van der Waals surface area contributed by atoms with Crippen molar-refractivity contribution in [2.45, 2.75) is 0 Å². The molecule has 0 saturated carbocycles. The van der Waals surface area contributed by atoms with Gasteiger partial charge in [-0.3, -0.25) is 0 Å². The third kappa shape index (κ3) is 147. The van der Waals surface area contributed by atoms with Gasteiger partial charge in [-0.05, 0) is 0 Å². The monoisotopic (exact) mass is 170 g/mol. The molecule has 4 nitrogen and oxygen atoms in total. The molecule has 0 radical (unpaired) electrons. The SMILES string of the molecule is O.O.O.O.[Cl][Cu]. The number of hydrogen-bond donors (Lipinski definition) is 0. The van der Waals surface area contributed by atoms with E-state index in [1.807, 2.05) is 0 Å². The van der Waals surface area contributed by atoms with Gasteiger partial charge in [0.05, 0.1) is 0 Å². The van der Waals surface area contributed by atoms with Crippen LogP contribution in [0, 0.1) is 0 Å². The second-order valence-corrected chi connectivity index (χ2v) is 0. The van der Waals surface area contributed by atoms with E-state index in [4.69, 9.17) is 0 Å². The summed E-state index contributed by atoms with van der Waals surface area (Å²) in [4.78, 5) is 0. The summed E-state index contributed by atoms with van der Waals surface area (Å²) in [6.45, 7) is 0. The average molecular weight is 171 g/mol. The van der Waals surface area contributed by atoms with Crippen molar-refractivity contribution in [1.82, 2.24) is 0 Å². The van der Waals surface area contributed by atoms with Crippen LogP contribution >= 0.6 is 10.1 Å². The molecule has 0 fully saturated rings. The van der Waals surface area contributed by atoms with Crippen molar-refractivity contribution in [1.29, 1.82) is 0 Å². The average Bonchev–Trinajstić information content (AvgIpc) is 1.00. The molecule has 0 aliphatic carbocycles. The van der Waals surface area contributed by atoms with Crippen LogP contribution in [0.15, 0.2) is 0 Å². The van der Waals surface area contributed by atoms with Crippen LogP contribution in [0.1, 0.15) is 0 Å². The van der Waals surface area contributed by atoms with Gasteiger partial charge in [0.15, 0.2) is 0 Å². The van der Waals surface area contributed by atoms with E-state index in [9.17, 15) is 0 Å². The summed E-state index contributed by atoms with van der Waals surface area (Å²) in [5, 5.41) is 0.